The van der Waals surface area contributed by atoms with E-state index in [0.29, 0.717) is 29.8 Å². The van der Waals surface area contributed by atoms with Crippen molar-refractivity contribution in [2.24, 2.45) is 11.8 Å². The van der Waals surface area contributed by atoms with E-state index in [-0.39, 0.29) is 29.6 Å². The molecule has 3 amide bonds. The molecule has 0 bridgehead atoms. The molecule has 5 rings (SSSR count). The van der Waals surface area contributed by atoms with Crippen LogP contribution in [0.15, 0.2) is 73.3 Å². The van der Waals surface area contributed by atoms with Crippen LogP contribution in [-0.4, -0.2) is 32.5 Å². The second-order valence-electron chi connectivity index (χ2n) is 7.70. The molecule has 0 radical (unpaired) electrons. The van der Waals surface area contributed by atoms with Gasteiger partial charge < -0.3 is 5.32 Å². The molecule has 0 spiro atoms. The second-order valence-corrected chi connectivity index (χ2v) is 7.70. The third-order valence-corrected chi connectivity index (χ3v) is 5.70. The Morgan fingerprint density at radius 2 is 1.78 bits per heavy atom. The Balaban J connectivity index is 1.32. The van der Waals surface area contributed by atoms with E-state index < -0.39 is 0 Å². The zero-order valence-electron chi connectivity index (χ0n) is 17.0. The molecule has 1 fully saturated rings. The highest BCUT2D eigenvalue weighted by molar-refractivity contribution is 6.07. The minimum Gasteiger partial charge on any atom is -0.322 e. The normalized spacial score (nSPS) is 19.9. The van der Waals surface area contributed by atoms with Gasteiger partial charge in [0.15, 0.2) is 0 Å². The predicted molar refractivity (Wildman–Crippen MR) is 117 cm³/mol. The van der Waals surface area contributed by atoms with E-state index in [0.717, 1.165) is 5.69 Å². The Morgan fingerprint density at radius 3 is 2.53 bits per heavy atom. The zero-order chi connectivity index (χ0) is 22.1. The fourth-order valence-electron chi connectivity index (χ4n) is 4.01. The number of hydrazine groups is 1. The zero-order valence-corrected chi connectivity index (χ0v) is 17.0. The second kappa shape index (κ2) is 8.10. The van der Waals surface area contributed by atoms with Crippen LogP contribution < -0.4 is 15.8 Å². The van der Waals surface area contributed by atoms with Crippen LogP contribution in [0.25, 0.3) is 5.69 Å². The lowest BCUT2D eigenvalue weighted by molar-refractivity contribution is -0.139. The van der Waals surface area contributed by atoms with Gasteiger partial charge in [0.2, 0.25) is 11.8 Å². The maximum absolute atomic E-state index is 13.0. The lowest BCUT2D eigenvalue weighted by atomic mass is 9.80. The highest BCUT2D eigenvalue weighted by Gasteiger charge is 2.42. The van der Waals surface area contributed by atoms with E-state index in [4.69, 9.17) is 0 Å². The van der Waals surface area contributed by atoms with Gasteiger partial charge in [0.1, 0.15) is 12.7 Å². The Morgan fingerprint density at radius 1 is 1.00 bits per heavy atom. The SMILES string of the molecule is O=C(Nc1ccc(-n2cncn2)cc1)c1cccc(N2NC(=O)C3CC=CCC3C2=O)c1. The third kappa shape index (κ3) is 3.64. The topological polar surface area (TPSA) is 109 Å². The summed E-state index contributed by atoms with van der Waals surface area (Å²) in [5, 5.41) is 8.17. The number of carbonyl (C=O) groups excluding carboxylic acids is 3. The molecule has 9 heteroatoms. The Bertz CT molecular complexity index is 1200. The summed E-state index contributed by atoms with van der Waals surface area (Å²) in [4.78, 5) is 42.2. The standard InChI is InChI=1S/C23H20N6O3/c30-21(26-16-8-10-17(11-9-16)28-14-24-13-25-28)15-4-3-5-18(12-15)29-23(32)20-7-2-1-6-19(20)22(31)27-29/h1-5,8-14,19-20H,6-7H2,(H,26,30)(H,27,31). The summed E-state index contributed by atoms with van der Waals surface area (Å²) in [7, 11) is 0. The van der Waals surface area contributed by atoms with Crippen LogP contribution in [0.3, 0.4) is 0 Å². The number of hydrogen-bond donors (Lipinski definition) is 2. The molecule has 2 aliphatic rings. The molecule has 2 heterocycles. The van der Waals surface area contributed by atoms with E-state index in [1.807, 2.05) is 24.3 Å². The lowest BCUT2D eigenvalue weighted by Gasteiger charge is -2.38. The maximum atomic E-state index is 13.0. The van der Waals surface area contributed by atoms with Crippen molar-refractivity contribution in [2.75, 3.05) is 10.3 Å². The van der Waals surface area contributed by atoms with Crippen molar-refractivity contribution in [3.8, 4) is 5.69 Å². The molecule has 1 saturated heterocycles. The van der Waals surface area contributed by atoms with Crippen LogP contribution in [0.4, 0.5) is 11.4 Å². The van der Waals surface area contributed by atoms with Crippen molar-refractivity contribution >= 4 is 29.1 Å². The van der Waals surface area contributed by atoms with Crippen LogP contribution in [-0.2, 0) is 9.59 Å². The largest absolute Gasteiger partial charge is 0.322 e. The minimum atomic E-state index is -0.380. The van der Waals surface area contributed by atoms with E-state index >= 15 is 0 Å². The number of allylic oxidation sites excluding steroid dienone is 2. The van der Waals surface area contributed by atoms with Gasteiger partial charge in [0, 0.05) is 11.3 Å². The van der Waals surface area contributed by atoms with Gasteiger partial charge in [-0.05, 0) is 55.3 Å². The van der Waals surface area contributed by atoms with Gasteiger partial charge in [-0.15, -0.1) is 0 Å². The molecule has 32 heavy (non-hydrogen) atoms. The highest BCUT2D eigenvalue weighted by Crippen LogP contribution is 2.32. The molecule has 0 saturated carbocycles. The average Bonchev–Trinajstić information content (AvgIpc) is 3.37. The van der Waals surface area contributed by atoms with Gasteiger partial charge in [-0.2, -0.15) is 5.10 Å². The first kappa shape index (κ1) is 19.7. The van der Waals surface area contributed by atoms with Gasteiger partial charge in [0.05, 0.1) is 23.2 Å². The summed E-state index contributed by atoms with van der Waals surface area (Å²) in [6.45, 7) is 0. The van der Waals surface area contributed by atoms with Gasteiger partial charge in [-0.1, -0.05) is 18.2 Å². The molecule has 1 aromatic heterocycles. The third-order valence-electron chi connectivity index (χ3n) is 5.70. The smallest absolute Gasteiger partial charge is 0.255 e. The maximum Gasteiger partial charge on any atom is 0.255 e. The van der Waals surface area contributed by atoms with Crippen molar-refractivity contribution < 1.29 is 14.4 Å². The number of benzene rings is 2. The summed E-state index contributed by atoms with van der Waals surface area (Å²) in [5.74, 6) is -1.39. The first-order chi connectivity index (χ1) is 15.6. The number of carbonyl (C=O) groups is 3. The quantitative estimate of drug-likeness (QED) is 0.621. The number of nitrogens with one attached hydrogen (secondary N) is 2. The highest BCUT2D eigenvalue weighted by atomic mass is 16.2. The van der Waals surface area contributed by atoms with Crippen molar-refractivity contribution in [1.29, 1.82) is 0 Å². The van der Waals surface area contributed by atoms with E-state index in [1.165, 1.54) is 11.3 Å². The number of nitrogens with zero attached hydrogens (tertiary/aromatic N) is 4. The van der Waals surface area contributed by atoms with E-state index in [9.17, 15) is 14.4 Å². The molecular weight excluding hydrogens is 408 g/mol. The van der Waals surface area contributed by atoms with Gasteiger partial charge in [0.25, 0.3) is 5.91 Å². The average molecular weight is 428 g/mol. The molecule has 2 aromatic carbocycles. The molecule has 3 aromatic rings. The van der Waals surface area contributed by atoms with Crippen LogP contribution in [0.5, 0.6) is 0 Å². The van der Waals surface area contributed by atoms with Crippen molar-refractivity contribution in [3.63, 3.8) is 0 Å². The lowest BCUT2D eigenvalue weighted by Crippen LogP contribution is -2.59. The summed E-state index contributed by atoms with van der Waals surface area (Å²) in [6, 6.07) is 13.8. The number of rotatable bonds is 4. The fourth-order valence-corrected chi connectivity index (χ4v) is 4.01. The monoisotopic (exact) mass is 428 g/mol. The predicted octanol–water partition coefficient (Wildman–Crippen LogP) is 2.48. The van der Waals surface area contributed by atoms with E-state index in [1.54, 1.807) is 47.4 Å². The molecule has 9 nitrogen and oxygen atoms in total. The number of anilines is 2. The minimum absolute atomic E-state index is 0.166. The number of aromatic nitrogens is 3. The molecular formula is C23H20N6O3. The Labute approximate surface area is 183 Å². The number of amides is 3. The van der Waals surface area contributed by atoms with Gasteiger partial charge in [-0.3, -0.25) is 19.8 Å². The summed E-state index contributed by atoms with van der Waals surface area (Å²) < 4.78 is 1.62. The Kier molecular flexibility index (Phi) is 4.98. The molecule has 160 valence electrons. The first-order valence-electron chi connectivity index (χ1n) is 10.3. The van der Waals surface area contributed by atoms with Crippen molar-refractivity contribution in [1.82, 2.24) is 20.2 Å². The summed E-state index contributed by atoms with van der Waals surface area (Å²) in [5.41, 5.74) is 4.94. The van der Waals surface area contributed by atoms with Crippen LogP contribution >= 0.6 is 0 Å². The van der Waals surface area contributed by atoms with E-state index in [2.05, 4.69) is 20.8 Å². The van der Waals surface area contributed by atoms with Crippen LogP contribution in [0, 0.1) is 11.8 Å². The van der Waals surface area contributed by atoms with Crippen molar-refractivity contribution in [3.05, 3.63) is 78.9 Å². The molecule has 2 atom stereocenters. The van der Waals surface area contributed by atoms with Crippen molar-refractivity contribution in [2.45, 2.75) is 12.8 Å². The molecule has 1 aliphatic heterocycles. The van der Waals surface area contributed by atoms with Crippen LogP contribution in [0.2, 0.25) is 0 Å². The molecule has 2 unspecified atom stereocenters. The van der Waals surface area contributed by atoms with Gasteiger partial charge in [-0.25, -0.2) is 14.7 Å². The fraction of sp³-hybridized carbons (Fsp3) is 0.174. The van der Waals surface area contributed by atoms with Gasteiger partial charge >= 0.3 is 0 Å². The molecule has 1 aliphatic carbocycles. The first-order valence-corrected chi connectivity index (χ1v) is 10.3. The number of hydrogen-bond acceptors (Lipinski definition) is 5. The summed E-state index contributed by atoms with van der Waals surface area (Å²) >= 11 is 0. The number of fused-ring (bicyclic) bond motifs is 1. The summed E-state index contributed by atoms with van der Waals surface area (Å²) in [6.07, 6.45) is 8.02. The Hall–Kier alpha value is -4.27. The van der Waals surface area contributed by atoms with Crippen LogP contribution in [0.1, 0.15) is 23.2 Å². The molecule has 2 N–H and O–H groups in total.